The van der Waals surface area contributed by atoms with Gasteiger partial charge in [-0.1, -0.05) is 0 Å². The minimum Gasteiger partial charge on any atom is -0.379 e. The molecule has 0 amide bonds. The van der Waals surface area contributed by atoms with Crippen LogP contribution < -0.4 is 5.32 Å². The minimum absolute atomic E-state index is 0.265. The van der Waals surface area contributed by atoms with E-state index in [1.54, 1.807) is 0 Å². The molecule has 1 aliphatic rings. The van der Waals surface area contributed by atoms with Gasteiger partial charge in [0.2, 0.25) is 0 Å². The summed E-state index contributed by atoms with van der Waals surface area (Å²) in [5.74, 6) is 0. The second kappa shape index (κ2) is 6.95. The van der Waals surface area contributed by atoms with Gasteiger partial charge in [-0.3, -0.25) is 5.32 Å². The van der Waals surface area contributed by atoms with Crippen molar-refractivity contribution < 1.29 is 9.47 Å². The molecule has 1 aliphatic heterocycles. The number of nitrogens with zero attached hydrogens (tertiary/aromatic N) is 1. The van der Waals surface area contributed by atoms with E-state index in [4.69, 9.17) is 9.47 Å². The molecule has 0 radical (unpaired) electrons. The molecule has 2 atom stereocenters. The van der Waals surface area contributed by atoms with Crippen molar-refractivity contribution in [1.29, 1.82) is 5.26 Å². The average molecular weight is 240 g/mol. The molecular weight excluding hydrogens is 216 g/mol. The Hall–Kier alpha value is -0.630. The van der Waals surface area contributed by atoms with Crippen LogP contribution in [0, 0.1) is 11.3 Å². The third-order valence-corrected chi connectivity index (χ3v) is 2.92. The molecule has 0 spiro atoms. The zero-order chi connectivity index (χ0) is 12.7. The average Bonchev–Trinajstić information content (AvgIpc) is 2.76. The van der Waals surface area contributed by atoms with E-state index in [1.165, 1.54) is 0 Å². The summed E-state index contributed by atoms with van der Waals surface area (Å²) < 4.78 is 10.9. The van der Waals surface area contributed by atoms with Crippen molar-refractivity contribution in [2.75, 3.05) is 19.8 Å². The molecule has 1 N–H and O–H groups in total. The lowest BCUT2D eigenvalue weighted by molar-refractivity contribution is 0.0389. The zero-order valence-electron chi connectivity index (χ0n) is 11.2. The molecule has 0 saturated carbocycles. The molecule has 98 valence electrons. The SMILES string of the molecule is CC(C)NC(C)(C#N)CCCOC1CCOC1. The van der Waals surface area contributed by atoms with Crippen molar-refractivity contribution in [2.24, 2.45) is 0 Å². The number of nitriles is 1. The first kappa shape index (κ1) is 14.4. The van der Waals surface area contributed by atoms with Crippen molar-refractivity contribution in [2.45, 2.75) is 57.7 Å². The van der Waals surface area contributed by atoms with Crippen LogP contribution in [0.25, 0.3) is 0 Å². The maximum atomic E-state index is 9.17. The van der Waals surface area contributed by atoms with Crippen LogP contribution in [-0.4, -0.2) is 37.5 Å². The molecule has 0 aromatic carbocycles. The van der Waals surface area contributed by atoms with Gasteiger partial charge in [0.15, 0.2) is 0 Å². The van der Waals surface area contributed by atoms with Gasteiger partial charge in [0.1, 0.15) is 5.54 Å². The van der Waals surface area contributed by atoms with Crippen molar-refractivity contribution in [3.63, 3.8) is 0 Å². The number of hydrogen-bond acceptors (Lipinski definition) is 4. The van der Waals surface area contributed by atoms with Gasteiger partial charge in [-0.25, -0.2) is 0 Å². The van der Waals surface area contributed by atoms with E-state index in [1.807, 2.05) is 6.92 Å². The van der Waals surface area contributed by atoms with Crippen molar-refractivity contribution in [3.8, 4) is 6.07 Å². The first-order valence-electron chi connectivity index (χ1n) is 6.44. The Bertz CT molecular complexity index is 257. The number of rotatable bonds is 7. The molecule has 0 aromatic rings. The van der Waals surface area contributed by atoms with Crippen LogP contribution in [0.2, 0.25) is 0 Å². The fourth-order valence-electron chi connectivity index (χ4n) is 2.12. The number of nitrogens with one attached hydrogen (secondary N) is 1. The third kappa shape index (κ3) is 5.49. The standard InChI is InChI=1S/C13H24N2O2/c1-11(2)15-13(3,10-14)6-4-7-17-12-5-8-16-9-12/h11-12,15H,4-9H2,1-3H3. The van der Waals surface area contributed by atoms with Crippen LogP contribution in [0.5, 0.6) is 0 Å². The van der Waals surface area contributed by atoms with Crippen LogP contribution in [0.1, 0.15) is 40.0 Å². The van der Waals surface area contributed by atoms with Crippen LogP contribution in [0.4, 0.5) is 0 Å². The first-order valence-corrected chi connectivity index (χ1v) is 6.44. The Kier molecular flexibility index (Phi) is 5.90. The predicted molar refractivity (Wildman–Crippen MR) is 66.7 cm³/mol. The molecule has 4 nitrogen and oxygen atoms in total. The van der Waals surface area contributed by atoms with Gasteiger partial charge in [-0.05, 0) is 40.0 Å². The van der Waals surface area contributed by atoms with E-state index in [0.717, 1.165) is 32.5 Å². The van der Waals surface area contributed by atoms with Crippen LogP contribution in [-0.2, 0) is 9.47 Å². The topological polar surface area (TPSA) is 54.3 Å². The largest absolute Gasteiger partial charge is 0.379 e. The Morgan fingerprint density at radius 1 is 1.59 bits per heavy atom. The summed E-state index contributed by atoms with van der Waals surface area (Å²) >= 11 is 0. The molecule has 0 aromatic heterocycles. The molecule has 2 unspecified atom stereocenters. The van der Waals surface area contributed by atoms with Crippen LogP contribution in [0.3, 0.4) is 0 Å². The van der Waals surface area contributed by atoms with Gasteiger partial charge >= 0.3 is 0 Å². The van der Waals surface area contributed by atoms with Gasteiger partial charge in [-0.15, -0.1) is 0 Å². The quantitative estimate of drug-likeness (QED) is 0.690. The summed E-state index contributed by atoms with van der Waals surface area (Å²) in [5.41, 5.74) is -0.441. The molecule has 1 saturated heterocycles. The van der Waals surface area contributed by atoms with Crippen molar-refractivity contribution in [1.82, 2.24) is 5.32 Å². The lowest BCUT2D eigenvalue weighted by Crippen LogP contribution is -2.45. The Balaban J connectivity index is 2.16. The lowest BCUT2D eigenvalue weighted by Gasteiger charge is -2.26. The van der Waals surface area contributed by atoms with E-state index in [2.05, 4.69) is 25.2 Å². The van der Waals surface area contributed by atoms with E-state index in [0.29, 0.717) is 12.6 Å². The summed E-state index contributed by atoms with van der Waals surface area (Å²) in [6, 6.07) is 2.67. The van der Waals surface area contributed by atoms with Gasteiger partial charge in [0.05, 0.1) is 18.8 Å². The van der Waals surface area contributed by atoms with Gasteiger partial charge in [-0.2, -0.15) is 5.26 Å². The van der Waals surface area contributed by atoms with Crippen LogP contribution >= 0.6 is 0 Å². The van der Waals surface area contributed by atoms with Crippen LogP contribution in [0.15, 0.2) is 0 Å². The predicted octanol–water partition coefficient (Wildman–Crippen LogP) is 1.85. The molecule has 1 fully saturated rings. The Morgan fingerprint density at radius 3 is 2.88 bits per heavy atom. The molecule has 0 aliphatic carbocycles. The second-order valence-electron chi connectivity index (χ2n) is 5.20. The normalized spacial score (nSPS) is 23.6. The Morgan fingerprint density at radius 2 is 2.35 bits per heavy atom. The van der Waals surface area contributed by atoms with Crippen molar-refractivity contribution >= 4 is 0 Å². The van der Waals surface area contributed by atoms with E-state index in [9.17, 15) is 5.26 Å². The fourth-order valence-corrected chi connectivity index (χ4v) is 2.12. The van der Waals surface area contributed by atoms with E-state index in [-0.39, 0.29) is 6.10 Å². The second-order valence-corrected chi connectivity index (χ2v) is 5.20. The molecular formula is C13H24N2O2. The monoisotopic (exact) mass is 240 g/mol. The molecule has 0 bridgehead atoms. The van der Waals surface area contributed by atoms with Gasteiger partial charge in [0.25, 0.3) is 0 Å². The first-order chi connectivity index (χ1) is 8.06. The highest BCUT2D eigenvalue weighted by Crippen LogP contribution is 2.14. The third-order valence-electron chi connectivity index (χ3n) is 2.92. The zero-order valence-corrected chi connectivity index (χ0v) is 11.2. The highest BCUT2D eigenvalue weighted by Gasteiger charge is 2.24. The summed E-state index contributed by atoms with van der Waals surface area (Å²) in [6.45, 7) is 8.32. The fraction of sp³-hybridized carbons (Fsp3) is 0.923. The minimum atomic E-state index is -0.441. The summed E-state index contributed by atoms with van der Waals surface area (Å²) in [6.07, 6.45) is 2.98. The molecule has 4 heteroatoms. The van der Waals surface area contributed by atoms with Gasteiger partial charge in [0, 0.05) is 19.3 Å². The Labute approximate surface area is 104 Å². The number of ether oxygens (including phenoxy) is 2. The summed E-state index contributed by atoms with van der Waals surface area (Å²) in [5, 5.41) is 12.5. The molecule has 17 heavy (non-hydrogen) atoms. The summed E-state index contributed by atoms with van der Waals surface area (Å²) in [4.78, 5) is 0. The summed E-state index contributed by atoms with van der Waals surface area (Å²) in [7, 11) is 0. The van der Waals surface area contributed by atoms with E-state index >= 15 is 0 Å². The molecule has 1 rings (SSSR count). The highest BCUT2D eigenvalue weighted by atomic mass is 16.5. The van der Waals surface area contributed by atoms with Gasteiger partial charge < -0.3 is 9.47 Å². The highest BCUT2D eigenvalue weighted by molar-refractivity contribution is 5.04. The number of hydrogen-bond donors (Lipinski definition) is 1. The van der Waals surface area contributed by atoms with E-state index < -0.39 is 5.54 Å². The smallest absolute Gasteiger partial charge is 0.104 e. The molecule has 1 heterocycles. The maximum Gasteiger partial charge on any atom is 0.104 e. The van der Waals surface area contributed by atoms with Crippen molar-refractivity contribution in [3.05, 3.63) is 0 Å². The lowest BCUT2D eigenvalue weighted by atomic mass is 9.97. The maximum absolute atomic E-state index is 9.17.